The number of nitrogens with zero attached hydrogens (tertiary/aromatic N) is 2. The highest BCUT2D eigenvalue weighted by molar-refractivity contribution is 5.92. The van der Waals surface area contributed by atoms with Crippen LogP contribution in [0.1, 0.15) is 36.8 Å². The molecule has 0 saturated carbocycles. The monoisotopic (exact) mass is 342 g/mol. The lowest BCUT2D eigenvalue weighted by molar-refractivity contribution is -0.132. The molecular formula is C20H26N2O3. The molecule has 1 heterocycles. The van der Waals surface area contributed by atoms with E-state index < -0.39 is 5.97 Å². The molecule has 0 spiro atoms. The molecule has 0 unspecified atom stereocenters. The Morgan fingerprint density at radius 2 is 2.08 bits per heavy atom. The molecule has 0 aliphatic heterocycles. The molecule has 0 radical (unpaired) electrons. The molecule has 0 aliphatic carbocycles. The van der Waals surface area contributed by atoms with Crippen LogP contribution in [0.15, 0.2) is 42.1 Å². The van der Waals surface area contributed by atoms with Gasteiger partial charge in [-0.2, -0.15) is 0 Å². The van der Waals surface area contributed by atoms with Crippen LogP contribution < -0.4 is 0 Å². The third-order valence-electron chi connectivity index (χ3n) is 4.08. The van der Waals surface area contributed by atoms with E-state index in [4.69, 9.17) is 4.74 Å². The summed E-state index contributed by atoms with van der Waals surface area (Å²) in [6, 6.07) is 9.63. The molecule has 1 aromatic heterocycles. The fourth-order valence-corrected chi connectivity index (χ4v) is 2.70. The van der Waals surface area contributed by atoms with Crippen molar-refractivity contribution in [3.63, 3.8) is 0 Å². The van der Waals surface area contributed by atoms with Gasteiger partial charge in [-0.15, -0.1) is 0 Å². The first-order chi connectivity index (χ1) is 12.2. The third-order valence-corrected chi connectivity index (χ3v) is 4.08. The van der Waals surface area contributed by atoms with Crippen LogP contribution in [0.25, 0.3) is 6.08 Å². The molecule has 0 fully saturated rings. The molecule has 0 atom stereocenters. The van der Waals surface area contributed by atoms with Gasteiger partial charge in [-0.25, -0.2) is 9.78 Å². The van der Waals surface area contributed by atoms with Crippen LogP contribution in [0, 0.1) is 0 Å². The third kappa shape index (κ3) is 5.57. The van der Waals surface area contributed by atoms with Gasteiger partial charge < -0.3 is 14.4 Å². The maximum Gasteiger partial charge on any atom is 0.331 e. The first-order valence-electron chi connectivity index (χ1n) is 8.66. The van der Waals surface area contributed by atoms with Crippen molar-refractivity contribution in [1.82, 2.24) is 9.55 Å². The minimum absolute atomic E-state index is 0.354. The Bertz CT molecular complexity index is 705. The lowest BCUT2D eigenvalue weighted by atomic mass is 10.0. The molecule has 5 heteroatoms. The van der Waals surface area contributed by atoms with E-state index in [-0.39, 0.29) is 0 Å². The SMILES string of the molecule is CCCCc1ncc(/C=C(\Cc2ccccc2)C(=O)O)n1CCOC. The van der Waals surface area contributed by atoms with Crippen molar-refractivity contribution in [2.45, 2.75) is 39.2 Å². The minimum atomic E-state index is -0.904. The zero-order valence-corrected chi connectivity index (χ0v) is 14.9. The fraction of sp³-hybridized carbons (Fsp3) is 0.400. The predicted octanol–water partition coefficient (Wildman–Crippen LogP) is 3.58. The van der Waals surface area contributed by atoms with E-state index in [9.17, 15) is 9.90 Å². The number of ether oxygens (including phenoxy) is 1. The molecule has 2 rings (SSSR count). The zero-order valence-electron chi connectivity index (χ0n) is 14.9. The minimum Gasteiger partial charge on any atom is -0.478 e. The number of carbonyl (C=O) groups is 1. The summed E-state index contributed by atoms with van der Waals surface area (Å²) in [4.78, 5) is 16.2. The summed E-state index contributed by atoms with van der Waals surface area (Å²) >= 11 is 0. The number of hydrogen-bond donors (Lipinski definition) is 1. The molecular weight excluding hydrogens is 316 g/mol. The maximum absolute atomic E-state index is 11.7. The Kier molecular flexibility index (Phi) is 7.41. The lowest BCUT2D eigenvalue weighted by Crippen LogP contribution is -2.11. The Labute approximate surface area is 149 Å². The van der Waals surface area contributed by atoms with E-state index in [1.165, 1.54) is 0 Å². The molecule has 1 N–H and O–H groups in total. The van der Waals surface area contributed by atoms with Gasteiger partial charge >= 0.3 is 5.97 Å². The number of imidazole rings is 1. The lowest BCUT2D eigenvalue weighted by Gasteiger charge is -2.10. The number of aromatic nitrogens is 2. The molecule has 5 nitrogen and oxygen atoms in total. The van der Waals surface area contributed by atoms with Crippen molar-refractivity contribution < 1.29 is 14.6 Å². The molecule has 1 aromatic carbocycles. The largest absolute Gasteiger partial charge is 0.478 e. The highest BCUT2D eigenvalue weighted by Gasteiger charge is 2.13. The summed E-state index contributed by atoms with van der Waals surface area (Å²) in [5.41, 5.74) is 2.15. The van der Waals surface area contributed by atoms with Crippen molar-refractivity contribution in [1.29, 1.82) is 0 Å². The number of hydrogen-bond acceptors (Lipinski definition) is 3. The van der Waals surface area contributed by atoms with E-state index in [0.717, 1.165) is 36.3 Å². The quantitative estimate of drug-likeness (QED) is 0.670. The molecule has 0 saturated heterocycles. The summed E-state index contributed by atoms with van der Waals surface area (Å²) in [6.45, 7) is 3.38. The number of unbranched alkanes of at least 4 members (excludes halogenated alkanes) is 1. The number of aliphatic carboxylic acids is 1. The summed E-state index contributed by atoms with van der Waals surface area (Å²) < 4.78 is 7.25. The topological polar surface area (TPSA) is 64.3 Å². The summed E-state index contributed by atoms with van der Waals surface area (Å²) in [7, 11) is 1.66. The number of rotatable bonds is 10. The molecule has 2 aromatic rings. The summed E-state index contributed by atoms with van der Waals surface area (Å²) in [5, 5.41) is 9.59. The zero-order chi connectivity index (χ0) is 18.1. The van der Waals surface area contributed by atoms with Crippen molar-refractivity contribution in [3.05, 3.63) is 59.2 Å². The number of benzene rings is 1. The van der Waals surface area contributed by atoms with Gasteiger partial charge in [0.2, 0.25) is 0 Å². The van der Waals surface area contributed by atoms with Gasteiger partial charge in [0.15, 0.2) is 0 Å². The highest BCUT2D eigenvalue weighted by Crippen LogP contribution is 2.16. The van der Waals surface area contributed by atoms with Gasteiger partial charge in [0.1, 0.15) is 5.82 Å². The number of carboxylic acid groups (broad SMARTS) is 1. The van der Waals surface area contributed by atoms with Crippen molar-refractivity contribution in [2.75, 3.05) is 13.7 Å². The van der Waals surface area contributed by atoms with Crippen LogP contribution in [0.3, 0.4) is 0 Å². The van der Waals surface area contributed by atoms with Gasteiger partial charge in [0, 0.05) is 32.1 Å². The van der Waals surface area contributed by atoms with E-state index in [1.807, 2.05) is 30.3 Å². The normalized spacial score (nSPS) is 11.7. The molecule has 134 valence electrons. The van der Waals surface area contributed by atoms with Crippen LogP contribution in [-0.4, -0.2) is 34.3 Å². The smallest absolute Gasteiger partial charge is 0.331 e. The second-order valence-electron chi connectivity index (χ2n) is 5.98. The van der Waals surface area contributed by atoms with Crippen LogP contribution in [0.5, 0.6) is 0 Å². The number of carboxylic acids is 1. The van der Waals surface area contributed by atoms with E-state index in [2.05, 4.69) is 16.5 Å². The summed E-state index contributed by atoms with van der Waals surface area (Å²) in [6.07, 6.45) is 6.91. The van der Waals surface area contributed by atoms with Gasteiger partial charge in [0.25, 0.3) is 0 Å². The second-order valence-corrected chi connectivity index (χ2v) is 5.98. The number of methoxy groups -OCH3 is 1. The number of aryl methyl sites for hydroxylation is 1. The second kappa shape index (κ2) is 9.79. The van der Waals surface area contributed by atoms with E-state index in [1.54, 1.807) is 19.4 Å². The average molecular weight is 342 g/mol. The van der Waals surface area contributed by atoms with Gasteiger partial charge in [0.05, 0.1) is 18.5 Å². The van der Waals surface area contributed by atoms with Gasteiger partial charge in [-0.1, -0.05) is 43.7 Å². The molecule has 0 aliphatic rings. The fourth-order valence-electron chi connectivity index (χ4n) is 2.70. The standard InChI is InChI=1S/C20H26N2O3/c1-3-4-10-19-21-15-18(22(19)11-12-25-2)14-17(20(23)24)13-16-8-6-5-7-9-16/h5-9,14-15H,3-4,10-13H2,1-2H3,(H,23,24)/b17-14+. The van der Waals surface area contributed by atoms with E-state index >= 15 is 0 Å². The summed E-state index contributed by atoms with van der Waals surface area (Å²) in [5.74, 6) is 0.0769. The Morgan fingerprint density at radius 3 is 2.72 bits per heavy atom. The molecule has 0 amide bonds. The highest BCUT2D eigenvalue weighted by atomic mass is 16.5. The van der Waals surface area contributed by atoms with Crippen LogP contribution in [0.4, 0.5) is 0 Å². The predicted molar refractivity (Wildman–Crippen MR) is 98.5 cm³/mol. The maximum atomic E-state index is 11.7. The van der Waals surface area contributed by atoms with Crippen LogP contribution in [0.2, 0.25) is 0 Å². The van der Waals surface area contributed by atoms with Crippen molar-refractivity contribution >= 4 is 12.0 Å². The Hall–Kier alpha value is -2.40. The Balaban J connectivity index is 2.30. The van der Waals surface area contributed by atoms with Crippen molar-refractivity contribution in [2.24, 2.45) is 0 Å². The van der Waals surface area contributed by atoms with Crippen LogP contribution in [-0.2, 0) is 28.9 Å². The van der Waals surface area contributed by atoms with Gasteiger partial charge in [-0.05, 0) is 18.1 Å². The molecule has 25 heavy (non-hydrogen) atoms. The van der Waals surface area contributed by atoms with Crippen molar-refractivity contribution in [3.8, 4) is 0 Å². The van der Waals surface area contributed by atoms with Gasteiger partial charge in [-0.3, -0.25) is 0 Å². The van der Waals surface area contributed by atoms with Crippen LogP contribution >= 0.6 is 0 Å². The Morgan fingerprint density at radius 1 is 1.32 bits per heavy atom. The molecule has 0 bridgehead atoms. The average Bonchev–Trinajstić information content (AvgIpc) is 3.00. The first-order valence-corrected chi connectivity index (χ1v) is 8.66. The first kappa shape index (κ1) is 18.9. The van der Waals surface area contributed by atoms with E-state index in [0.29, 0.717) is 25.1 Å².